The molecule has 0 bridgehead atoms. The van der Waals surface area contributed by atoms with Gasteiger partial charge in [0.05, 0.1) is 16.7 Å². The van der Waals surface area contributed by atoms with E-state index in [1.54, 1.807) is 12.4 Å². The standard InChI is InChI=1S/C52H36N6/c1-52(2)41-23-11-9-21-36(41)37-27-28-45-46(47(37)52)38-22-10-12-26-44(38)58(45)48-39(33-17-5-3-6-18-33)31-35(32-40(48)34-19-7-4-8-20-34)49-55-50(42-24-13-15-29-53-42)57-51(56-49)43-25-14-16-30-54-43/h3-32H,1-2H3. The molecule has 6 nitrogen and oxygen atoms in total. The highest BCUT2D eigenvalue weighted by Gasteiger charge is 2.38. The SMILES string of the molecule is CC1(C)c2ccccc2-c2ccc3c(c21)c1ccccc1n3-c1c(-c2ccccc2)cc(-c2nc(-c3ccccn3)nc(-c3ccccn3)n2)cc1-c1ccccc1. The van der Waals surface area contributed by atoms with Crippen molar-refractivity contribution in [3.63, 3.8) is 0 Å². The van der Waals surface area contributed by atoms with Crippen LogP contribution in [0.2, 0.25) is 0 Å². The van der Waals surface area contributed by atoms with Gasteiger partial charge in [0.1, 0.15) is 11.4 Å². The predicted molar refractivity (Wildman–Crippen MR) is 234 cm³/mol. The molecule has 1 aliphatic rings. The van der Waals surface area contributed by atoms with Crippen molar-refractivity contribution in [3.05, 3.63) is 193 Å². The van der Waals surface area contributed by atoms with Crippen LogP contribution in [0.25, 0.3) is 95.3 Å². The van der Waals surface area contributed by atoms with Gasteiger partial charge in [-0.25, -0.2) is 15.0 Å². The quantitative estimate of drug-likeness (QED) is 0.170. The second-order valence-electron chi connectivity index (χ2n) is 15.3. The second-order valence-corrected chi connectivity index (χ2v) is 15.3. The topological polar surface area (TPSA) is 69.4 Å². The zero-order valence-electron chi connectivity index (χ0n) is 32.0. The molecule has 0 saturated carbocycles. The van der Waals surface area contributed by atoms with E-state index in [-0.39, 0.29) is 5.41 Å². The highest BCUT2D eigenvalue weighted by Crippen LogP contribution is 2.54. The summed E-state index contributed by atoms with van der Waals surface area (Å²) in [5.41, 5.74) is 15.0. The lowest BCUT2D eigenvalue weighted by molar-refractivity contribution is 0.666. The summed E-state index contributed by atoms with van der Waals surface area (Å²) in [6.45, 7) is 4.74. The van der Waals surface area contributed by atoms with E-state index in [4.69, 9.17) is 15.0 Å². The van der Waals surface area contributed by atoms with E-state index in [2.05, 4.69) is 162 Å². The van der Waals surface area contributed by atoms with Gasteiger partial charge in [-0.3, -0.25) is 9.97 Å². The summed E-state index contributed by atoms with van der Waals surface area (Å²) in [6.07, 6.45) is 3.52. The maximum absolute atomic E-state index is 5.12. The molecule has 0 N–H and O–H groups in total. The lowest BCUT2D eigenvalue weighted by Crippen LogP contribution is -2.15. The van der Waals surface area contributed by atoms with Crippen molar-refractivity contribution in [2.45, 2.75) is 19.3 Å². The zero-order chi connectivity index (χ0) is 38.8. The van der Waals surface area contributed by atoms with Gasteiger partial charge in [0.15, 0.2) is 17.5 Å². The molecule has 4 aromatic heterocycles. The zero-order valence-corrected chi connectivity index (χ0v) is 32.0. The van der Waals surface area contributed by atoms with E-state index < -0.39 is 0 Å². The van der Waals surface area contributed by atoms with Crippen molar-refractivity contribution in [1.82, 2.24) is 29.5 Å². The maximum Gasteiger partial charge on any atom is 0.182 e. The van der Waals surface area contributed by atoms with Gasteiger partial charge in [-0.15, -0.1) is 0 Å². The molecule has 274 valence electrons. The van der Waals surface area contributed by atoms with E-state index in [9.17, 15) is 0 Å². The minimum atomic E-state index is -0.190. The van der Waals surface area contributed by atoms with E-state index >= 15 is 0 Å². The first kappa shape index (κ1) is 33.7. The molecule has 58 heavy (non-hydrogen) atoms. The molecular weight excluding hydrogens is 709 g/mol. The van der Waals surface area contributed by atoms with E-state index in [0.29, 0.717) is 28.9 Å². The van der Waals surface area contributed by atoms with Crippen LogP contribution in [-0.4, -0.2) is 29.5 Å². The fourth-order valence-corrected chi connectivity index (χ4v) is 8.98. The van der Waals surface area contributed by atoms with Crippen LogP contribution in [0.5, 0.6) is 0 Å². The molecule has 0 aliphatic heterocycles. The fraction of sp³-hybridized carbons (Fsp3) is 0.0577. The molecule has 10 aromatic rings. The maximum atomic E-state index is 5.12. The molecule has 0 unspecified atom stereocenters. The Labute approximate surface area is 336 Å². The van der Waals surface area contributed by atoms with E-state index in [1.165, 1.54) is 33.0 Å². The Morgan fingerprint density at radius 1 is 0.431 bits per heavy atom. The Morgan fingerprint density at radius 3 is 1.60 bits per heavy atom. The van der Waals surface area contributed by atoms with Gasteiger partial charge in [0.25, 0.3) is 0 Å². The minimum absolute atomic E-state index is 0.190. The number of hydrogen-bond donors (Lipinski definition) is 0. The molecule has 4 heterocycles. The van der Waals surface area contributed by atoms with Crippen molar-refractivity contribution in [2.24, 2.45) is 0 Å². The largest absolute Gasteiger partial charge is 0.308 e. The Hall–Kier alpha value is -7.57. The van der Waals surface area contributed by atoms with Gasteiger partial charge < -0.3 is 4.57 Å². The highest BCUT2D eigenvalue weighted by molar-refractivity contribution is 6.15. The van der Waals surface area contributed by atoms with Crippen LogP contribution in [0.1, 0.15) is 25.0 Å². The van der Waals surface area contributed by atoms with Crippen LogP contribution in [0.3, 0.4) is 0 Å². The summed E-state index contributed by atoms with van der Waals surface area (Å²) >= 11 is 0. The van der Waals surface area contributed by atoms with Crippen molar-refractivity contribution < 1.29 is 0 Å². The number of para-hydroxylation sites is 1. The molecule has 1 aliphatic carbocycles. The fourth-order valence-electron chi connectivity index (χ4n) is 8.98. The summed E-state index contributed by atoms with van der Waals surface area (Å²) in [6, 6.07) is 59.7. The van der Waals surface area contributed by atoms with Crippen LogP contribution in [0.4, 0.5) is 0 Å². The number of nitrogens with zero attached hydrogens (tertiary/aromatic N) is 6. The first-order chi connectivity index (χ1) is 28.5. The minimum Gasteiger partial charge on any atom is -0.308 e. The lowest BCUT2D eigenvalue weighted by Gasteiger charge is -2.23. The Bertz CT molecular complexity index is 3060. The van der Waals surface area contributed by atoms with Crippen LogP contribution in [-0.2, 0) is 5.41 Å². The summed E-state index contributed by atoms with van der Waals surface area (Å²) in [5.74, 6) is 1.51. The molecule has 0 saturated heterocycles. The third-order valence-electron chi connectivity index (χ3n) is 11.5. The average Bonchev–Trinajstić information content (AvgIpc) is 3.75. The van der Waals surface area contributed by atoms with E-state index in [0.717, 1.165) is 44.5 Å². The summed E-state index contributed by atoms with van der Waals surface area (Å²) in [7, 11) is 0. The number of aromatic nitrogens is 6. The molecule has 0 radical (unpaired) electrons. The molecule has 0 spiro atoms. The Balaban J connectivity index is 1.26. The van der Waals surface area contributed by atoms with Crippen LogP contribution < -0.4 is 0 Å². The molecule has 0 fully saturated rings. The molecule has 6 aromatic carbocycles. The molecular formula is C52H36N6. The van der Waals surface area contributed by atoms with Crippen molar-refractivity contribution >= 4 is 21.8 Å². The van der Waals surface area contributed by atoms with Gasteiger partial charge in [0, 0.05) is 45.3 Å². The van der Waals surface area contributed by atoms with Gasteiger partial charge in [-0.05, 0) is 81.9 Å². The van der Waals surface area contributed by atoms with Gasteiger partial charge >= 0.3 is 0 Å². The van der Waals surface area contributed by atoms with Gasteiger partial charge in [0.2, 0.25) is 0 Å². The summed E-state index contributed by atoms with van der Waals surface area (Å²) in [4.78, 5) is 24.4. The predicted octanol–water partition coefficient (Wildman–Crippen LogP) is 12.4. The van der Waals surface area contributed by atoms with Gasteiger partial charge in [-0.2, -0.15) is 0 Å². The van der Waals surface area contributed by atoms with Crippen molar-refractivity contribution in [1.29, 1.82) is 0 Å². The van der Waals surface area contributed by atoms with Gasteiger partial charge in [-0.1, -0.05) is 135 Å². The Kier molecular flexibility index (Phi) is 7.73. The Morgan fingerprint density at radius 2 is 0.983 bits per heavy atom. The average molecular weight is 745 g/mol. The number of benzene rings is 6. The van der Waals surface area contributed by atoms with Crippen LogP contribution in [0, 0.1) is 0 Å². The number of fused-ring (bicyclic) bond motifs is 7. The number of rotatable bonds is 6. The smallest absolute Gasteiger partial charge is 0.182 e. The molecule has 0 atom stereocenters. The third-order valence-corrected chi connectivity index (χ3v) is 11.5. The van der Waals surface area contributed by atoms with Crippen molar-refractivity contribution in [3.8, 4) is 73.5 Å². The molecule has 11 rings (SSSR count). The highest BCUT2D eigenvalue weighted by atomic mass is 15.1. The van der Waals surface area contributed by atoms with Crippen LogP contribution in [0.15, 0.2) is 182 Å². The molecule has 0 amide bonds. The number of pyridine rings is 2. The normalized spacial score (nSPS) is 12.8. The van der Waals surface area contributed by atoms with Crippen LogP contribution >= 0.6 is 0 Å². The third kappa shape index (κ3) is 5.30. The number of hydrogen-bond acceptors (Lipinski definition) is 5. The second kappa shape index (κ2) is 13.3. The van der Waals surface area contributed by atoms with Crippen molar-refractivity contribution in [2.75, 3.05) is 0 Å². The molecule has 6 heteroatoms. The van der Waals surface area contributed by atoms with E-state index in [1.807, 2.05) is 36.4 Å². The first-order valence-corrected chi connectivity index (χ1v) is 19.6. The first-order valence-electron chi connectivity index (χ1n) is 19.6. The monoisotopic (exact) mass is 744 g/mol. The summed E-state index contributed by atoms with van der Waals surface area (Å²) < 4.78 is 2.49. The summed E-state index contributed by atoms with van der Waals surface area (Å²) in [5, 5.41) is 2.52. The lowest BCUT2D eigenvalue weighted by atomic mass is 9.80.